The largest absolute Gasteiger partial charge is 0.481 e. The van der Waals surface area contributed by atoms with E-state index in [1.54, 1.807) is 16.8 Å². The molecule has 5 heteroatoms. The molecule has 0 saturated heterocycles. The number of halogens is 1. The van der Waals surface area contributed by atoms with Gasteiger partial charge in [-0.2, -0.15) is 5.10 Å². The van der Waals surface area contributed by atoms with Gasteiger partial charge < -0.3 is 5.11 Å². The number of aromatic nitrogens is 2. The van der Waals surface area contributed by atoms with Gasteiger partial charge in [-0.25, -0.2) is 4.68 Å². The predicted molar refractivity (Wildman–Crippen MR) is 69.4 cm³/mol. The number of aryl methyl sites for hydroxylation is 1. The van der Waals surface area contributed by atoms with Crippen molar-refractivity contribution < 1.29 is 9.90 Å². The van der Waals surface area contributed by atoms with Crippen molar-refractivity contribution in [1.82, 2.24) is 9.78 Å². The van der Waals surface area contributed by atoms with E-state index in [-0.39, 0.29) is 6.42 Å². The summed E-state index contributed by atoms with van der Waals surface area (Å²) in [5.41, 5.74) is 3.15. The molecule has 0 aliphatic heterocycles. The summed E-state index contributed by atoms with van der Waals surface area (Å²) in [4.78, 5) is 10.8. The Morgan fingerprint density at radius 2 is 2.17 bits per heavy atom. The minimum Gasteiger partial charge on any atom is -0.481 e. The fourth-order valence-corrected chi connectivity index (χ4v) is 2.13. The molecule has 1 aromatic carbocycles. The number of rotatable bonds is 3. The van der Waals surface area contributed by atoms with Crippen LogP contribution in [-0.2, 0) is 11.2 Å². The summed E-state index contributed by atoms with van der Waals surface area (Å²) in [6.07, 6.45) is -0.0156. The number of hydrogen-bond acceptors (Lipinski definition) is 2. The molecule has 0 aliphatic rings. The van der Waals surface area contributed by atoms with Crippen LogP contribution in [-0.4, -0.2) is 20.9 Å². The molecule has 0 bridgehead atoms. The summed E-state index contributed by atoms with van der Waals surface area (Å²) in [6.45, 7) is 3.67. The van der Waals surface area contributed by atoms with Crippen molar-refractivity contribution in [2.75, 3.05) is 0 Å². The highest BCUT2D eigenvalue weighted by Gasteiger charge is 2.15. The zero-order valence-electron chi connectivity index (χ0n) is 10.1. The monoisotopic (exact) mass is 264 g/mol. The number of carboxylic acids is 1. The van der Waals surface area contributed by atoms with Gasteiger partial charge in [-0.15, -0.1) is 0 Å². The lowest BCUT2D eigenvalue weighted by Crippen LogP contribution is -2.03. The molecular weight excluding hydrogens is 252 g/mol. The zero-order valence-corrected chi connectivity index (χ0v) is 10.9. The minimum atomic E-state index is -0.855. The van der Waals surface area contributed by atoms with Gasteiger partial charge in [-0.1, -0.05) is 17.7 Å². The molecule has 1 aromatic heterocycles. The van der Waals surface area contributed by atoms with E-state index in [1.807, 2.05) is 26.0 Å². The van der Waals surface area contributed by atoms with Crippen molar-refractivity contribution in [2.24, 2.45) is 0 Å². The highest BCUT2D eigenvalue weighted by atomic mass is 35.5. The quantitative estimate of drug-likeness (QED) is 0.927. The molecular formula is C13H13ClN2O2. The van der Waals surface area contributed by atoms with Crippen LogP contribution in [0.25, 0.3) is 5.69 Å². The Kier molecular flexibility index (Phi) is 3.39. The minimum absolute atomic E-state index is 0.0156. The highest BCUT2D eigenvalue weighted by Crippen LogP contribution is 2.20. The average molecular weight is 265 g/mol. The fourth-order valence-electron chi connectivity index (χ4n) is 1.94. The second kappa shape index (κ2) is 4.82. The Balaban J connectivity index is 2.50. The van der Waals surface area contributed by atoms with Gasteiger partial charge in [0.1, 0.15) is 0 Å². The van der Waals surface area contributed by atoms with Crippen LogP contribution in [0.2, 0.25) is 5.02 Å². The number of carboxylic acid groups (broad SMARTS) is 1. The Morgan fingerprint density at radius 1 is 1.44 bits per heavy atom. The Bertz CT molecular complexity index is 605. The van der Waals surface area contributed by atoms with Gasteiger partial charge in [0, 0.05) is 16.3 Å². The predicted octanol–water partition coefficient (Wildman–Crippen LogP) is 2.77. The molecule has 0 saturated carbocycles. The molecule has 1 heterocycles. The van der Waals surface area contributed by atoms with E-state index in [4.69, 9.17) is 16.7 Å². The third kappa shape index (κ3) is 2.38. The van der Waals surface area contributed by atoms with Gasteiger partial charge in [0.15, 0.2) is 0 Å². The van der Waals surface area contributed by atoms with Crippen molar-refractivity contribution in [1.29, 1.82) is 0 Å². The third-order valence-electron chi connectivity index (χ3n) is 2.82. The molecule has 0 aliphatic carbocycles. The van der Waals surface area contributed by atoms with Crippen LogP contribution in [0.15, 0.2) is 24.3 Å². The van der Waals surface area contributed by atoms with Gasteiger partial charge in [0.25, 0.3) is 0 Å². The van der Waals surface area contributed by atoms with E-state index in [9.17, 15) is 4.79 Å². The fraction of sp³-hybridized carbons (Fsp3) is 0.231. The highest BCUT2D eigenvalue weighted by molar-refractivity contribution is 6.30. The second-order valence-corrected chi connectivity index (χ2v) is 4.55. The van der Waals surface area contributed by atoms with Crippen LogP contribution in [0.5, 0.6) is 0 Å². The van der Waals surface area contributed by atoms with Crippen molar-refractivity contribution in [2.45, 2.75) is 20.3 Å². The number of benzene rings is 1. The second-order valence-electron chi connectivity index (χ2n) is 4.11. The maximum atomic E-state index is 10.8. The van der Waals surface area contributed by atoms with Crippen LogP contribution in [0.4, 0.5) is 0 Å². The van der Waals surface area contributed by atoms with E-state index in [0.29, 0.717) is 5.02 Å². The summed E-state index contributed by atoms with van der Waals surface area (Å²) in [5, 5.41) is 13.9. The summed E-state index contributed by atoms with van der Waals surface area (Å²) in [7, 11) is 0. The molecule has 18 heavy (non-hydrogen) atoms. The first-order chi connectivity index (χ1) is 8.49. The Morgan fingerprint density at radius 3 is 2.78 bits per heavy atom. The average Bonchev–Trinajstić information content (AvgIpc) is 2.56. The van der Waals surface area contributed by atoms with Gasteiger partial charge in [-0.3, -0.25) is 4.79 Å². The van der Waals surface area contributed by atoms with E-state index in [2.05, 4.69) is 5.10 Å². The molecule has 0 unspecified atom stereocenters. The van der Waals surface area contributed by atoms with Crippen LogP contribution >= 0.6 is 11.6 Å². The first kappa shape index (κ1) is 12.6. The summed E-state index contributed by atoms with van der Waals surface area (Å²) < 4.78 is 1.72. The van der Waals surface area contributed by atoms with Crippen LogP contribution in [0.1, 0.15) is 17.0 Å². The first-order valence-electron chi connectivity index (χ1n) is 5.52. The van der Waals surface area contributed by atoms with E-state index in [0.717, 1.165) is 22.6 Å². The Hall–Kier alpha value is -1.81. The molecule has 0 fully saturated rings. The third-order valence-corrected chi connectivity index (χ3v) is 3.06. The van der Waals surface area contributed by atoms with Crippen molar-refractivity contribution >= 4 is 17.6 Å². The first-order valence-corrected chi connectivity index (χ1v) is 5.89. The smallest absolute Gasteiger partial charge is 0.307 e. The molecule has 2 rings (SSSR count). The van der Waals surface area contributed by atoms with E-state index >= 15 is 0 Å². The summed E-state index contributed by atoms with van der Waals surface area (Å²) in [6, 6.07) is 7.31. The van der Waals surface area contributed by atoms with Crippen LogP contribution < -0.4 is 0 Å². The van der Waals surface area contributed by atoms with Crippen LogP contribution in [0, 0.1) is 13.8 Å². The molecule has 1 N–H and O–H groups in total. The standard InChI is InChI=1S/C13H13ClN2O2/c1-8-12(7-13(17)18)9(2)16(15-8)11-5-3-4-10(14)6-11/h3-6H,7H2,1-2H3,(H,17,18). The van der Waals surface area contributed by atoms with Gasteiger partial charge in [-0.05, 0) is 32.0 Å². The Labute approximate surface area is 110 Å². The topological polar surface area (TPSA) is 55.1 Å². The molecule has 0 radical (unpaired) electrons. The molecule has 0 atom stereocenters. The van der Waals surface area contributed by atoms with Gasteiger partial charge >= 0.3 is 5.97 Å². The van der Waals surface area contributed by atoms with Crippen molar-refractivity contribution in [3.05, 3.63) is 46.2 Å². The van der Waals surface area contributed by atoms with E-state index in [1.165, 1.54) is 0 Å². The van der Waals surface area contributed by atoms with Gasteiger partial charge in [0.05, 0.1) is 17.8 Å². The molecule has 4 nitrogen and oxygen atoms in total. The summed E-state index contributed by atoms with van der Waals surface area (Å²) >= 11 is 5.94. The molecule has 2 aromatic rings. The number of hydrogen-bond donors (Lipinski definition) is 1. The maximum Gasteiger partial charge on any atom is 0.307 e. The molecule has 94 valence electrons. The number of aliphatic carboxylic acids is 1. The molecule has 0 amide bonds. The van der Waals surface area contributed by atoms with Gasteiger partial charge in [0.2, 0.25) is 0 Å². The SMILES string of the molecule is Cc1nn(-c2cccc(Cl)c2)c(C)c1CC(=O)O. The normalized spacial score (nSPS) is 10.6. The zero-order chi connectivity index (χ0) is 13.3. The maximum absolute atomic E-state index is 10.8. The summed E-state index contributed by atoms with van der Waals surface area (Å²) in [5.74, 6) is -0.855. The lowest BCUT2D eigenvalue weighted by molar-refractivity contribution is -0.136. The van der Waals surface area contributed by atoms with Crippen LogP contribution in [0.3, 0.4) is 0 Å². The number of carbonyl (C=O) groups is 1. The lowest BCUT2D eigenvalue weighted by atomic mass is 10.1. The number of nitrogens with zero attached hydrogens (tertiary/aromatic N) is 2. The lowest BCUT2D eigenvalue weighted by Gasteiger charge is -2.05. The molecule has 0 spiro atoms. The van der Waals surface area contributed by atoms with E-state index < -0.39 is 5.97 Å². The van der Waals surface area contributed by atoms with Crippen molar-refractivity contribution in [3.63, 3.8) is 0 Å². The van der Waals surface area contributed by atoms with Crippen molar-refractivity contribution in [3.8, 4) is 5.69 Å².